The molecule has 0 spiro atoms. The van der Waals surface area contributed by atoms with Crippen LogP contribution in [0.15, 0.2) is 0 Å². The molecular weight excluding hydrogens is 274 g/mol. The fourth-order valence-electron chi connectivity index (χ4n) is 2.79. The van der Waals surface area contributed by atoms with Crippen LogP contribution >= 0.6 is 0 Å². The molecule has 0 heterocycles. The molecule has 1 atom stereocenters. The summed E-state index contributed by atoms with van der Waals surface area (Å²) in [5, 5.41) is 20.1. The van der Waals surface area contributed by atoms with Crippen LogP contribution in [0.5, 0.6) is 0 Å². The highest BCUT2D eigenvalue weighted by atomic mass is 16.4. The van der Waals surface area contributed by atoms with Crippen molar-refractivity contribution in [3.8, 4) is 0 Å². The number of hydrogen-bond acceptors (Lipinski definition) is 3. The molecule has 0 saturated heterocycles. The first-order valence-corrected chi connectivity index (χ1v) is 7.73. The second-order valence-corrected chi connectivity index (χ2v) is 5.79. The average Bonchev–Trinajstić information content (AvgIpc) is 2.44. The maximum atomic E-state index is 11.8. The van der Waals surface area contributed by atoms with E-state index >= 15 is 0 Å². The molecule has 0 radical (unpaired) electrons. The van der Waals surface area contributed by atoms with E-state index in [1.165, 1.54) is 19.3 Å². The standard InChI is InChI=1S/C15H25NO5/c17-13(10-9-11-5-2-1-3-6-11)16-12(15(20)21)7-4-8-14(18)19/h11-12H,1-10H2,(H,16,17)(H,18,19)(H,20,21)/t12-/m1/s1. The van der Waals surface area contributed by atoms with Gasteiger partial charge in [-0.15, -0.1) is 0 Å². The number of carboxylic acids is 2. The van der Waals surface area contributed by atoms with Crippen molar-refractivity contribution >= 4 is 17.8 Å². The van der Waals surface area contributed by atoms with E-state index in [-0.39, 0.29) is 25.2 Å². The number of carbonyl (C=O) groups excluding carboxylic acids is 1. The normalized spacial score (nSPS) is 17.1. The van der Waals surface area contributed by atoms with Crippen molar-refractivity contribution in [1.29, 1.82) is 0 Å². The van der Waals surface area contributed by atoms with Gasteiger partial charge in [-0.05, 0) is 25.2 Å². The van der Waals surface area contributed by atoms with Crippen molar-refractivity contribution in [2.24, 2.45) is 5.92 Å². The lowest BCUT2D eigenvalue weighted by Crippen LogP contribution is -2.40. The molecule has 120 valence electrons. The Hall–Kier alpha value is -1.59. The van der Waals surface area contributed by atoms with Crippen LogP contribution in [-0.4, -0.2) is 34.1 Å². The summed E-state index contributed by atoms with van der Waals surface area (Å²) >= 11 is 0. The topological polar surface area (TPSA) is 104 Å². The lowest BCUT2D eigenvalue weighted by Gasteiger charge is -2.21. The Balaban J connectivity index is 2.27. The molecule has 21 heavy (non-hydrogen) atoms. The third kappa shape index (κ3) is 7.68. The summed E-state index contributed by atoms with van der Waals surface area (Å²) in [6.07, 6.45) is 7.52. The Morgan fingerprint density at radius 3 is 2.29 bits per heavy atom. The van der Waals surface area contributed by atoms with Gasteiger partial charge in [-0.3, -0.25) is 9.59 Å². The molecule has 6 heteroatoms. The van der Waals surface area contributed by atoms with Gasteiger partial charge in [0.15, 0.2) is 0 Å². The molecule has 3 N–H and O–H groups in total. The summed E-state index contributed by atoms with van der Waals surface area (Å²) in [4.78, 5) is 33.3. The van der Waals surface area contributed by atoms with Crippen LogP contribution in [0.25, 0.3) is 0 Å². The van der Waals surface area contributed by atoms with Crippen molar-refractivity contribution in [2.75, 3.05) is 0 Å². The van der Waals surface area contributed by atoms with E-state index in [0.29, 0.717) is 12.3 Å². The number of carbonyl (C=O) groups is 3. The lowest BCUT2D eigenvalue weighted by atomic mass is 9.86. The molecule has 1 aliphatic carbocycles. The summed E-state index contributed by atoms with van der Waals surface area (Å²) in [5.41, 5.74) is 0. The van der Waals surface area contributed by atoms with Crippen molar-refractivity contribution < 1.29 is 24.6 Å². The van der Waals surface area contributed by atoms with Gasteiger partial charge < -0.3 is 15.5 Å². The molecule has 0 aliphatic heterocycles. The van der Waals surface area contributed by atoms with Gasteiger partial charge in [0.2, 0.25) is 5.91 Å². The van der Waals surface area contributed by atoms with Gasteiger partial charge in [-0.1, -0.05) is 32.1 Å². The van der Waals surface area contributed by atoms with Crippen LogP contribution in [-0.2, 0) is 14.4 Å². The molecule has 0 aromatic heterocycles. The summed E-state index contributed by atoms with van der Waals surface area (Å²) in [7, 11) is 0. The van der Waals surface area contributed by atoms with Crippen LogP contribution < -0.4 is 5.32 Å². The van der Waals surface area contributed by atoms with E-state index in [4.69, 9.17) is 10.2 Å². The van der Waals surface area contributed by atoms with Gasteiger partial charge in [0.05, 0.1) is 0 Å². The first-order valence-electron chi connectivity index (χ1n) is 7.73. The van der Waals surface area contributed by atoms with E-state index in [2.05, 4.69) is 5.32 Å². The third-order valence-corrected chi connectivity index (χ3v) is 4.02. The number of amides is 1. The second-order valence-electron chi connectivity index (χ2n) is 5.79. The van der Waals surface area contributed by atoms with E-state index < -0.39 is 18.0 Å². The molecular formula is C15H25NO5. The molecule has 0 aromatic rings. The minimum Gasteiger partial charge on any atom is -0.481 e. The molecule has 0 aromatic carbocycles. The molecule has 1 saturated carbocycles. The average molecular weight is 299 g/mol. The number of aliphatic carboxylic acids is 2. The van der Waals surface area contributed by atoms with Gasteiger partial charge in [0.25, 0.3) is 0 Å². The predicted molar refractivity (Wildman–Crippen MR) is 76.9 cm³/mol. The van der Waals surface area contributed by atoms with Crippen molar-refractivity contribution in [3.05, 3.63) is 0 Å². The van der Waals surface area contributed by atoms with Crippen LogP contribution in [0.3, 0.4) is 0 Å². The maximum Gasteiger partial charge on any atom is 0.326 e. The highest BCUT2D eigenvalue weighted by Gasteiger charge is 2.21. The van der Waals surface area contributed by atoms with Gasteiger partial charge >= 0.3 is 11.9 Å². The summed E-state index contributed by atoms with van der Waals surface area (Å²) in [6, 6.07) is -0.983. The smallest absolute Gasteiger partial charge is 0.326 e. The number of carboxylic acid groups (broad SMARTS) is 2. The number of nitrogens with one attached hydrogen (secondary N) is 1. The van der Waals surface area contributed by atoms with Crippen LogP contribution in [0, 0.1) is 5.92 Å². The number of hydrogen-bond donors (Lipinski definition) is 3. The van der Waals surface area contributed by atoms with Gasteiger partial charge in [0.1, 0.15) is 6.04 Å². The minimum atomic E-state index is -1.11. The quantitative estimate of drug-likeness (QED) is 0.605. The van der Waals surface area contributed by atoms with E-state index in [9.17, 15) is 14.4 Å². The Kier molecular flexibility index (Phi) is 7.79. The largest absolute Gasteiger partial charge is 0.481 e. The maximum absolute atomic E-state index is 11.8. The molecule has 6 nitrogen and oxygen atoms in total. The summed E-state index contributed by atoms with van der Waals surface area (Å²) < 4.78 is 0. The van der Waals surface area contributed by atoms with Gasteiger partial charge in [-0.2, -0.15) is 0 Å². The van der Waals surface area contributed by atoms with Crippen LogP contribution in [0.4, 0.5) is 0 Å². The minimum absolute atomic E-state index is 0.0816. The SMILES string of the molecule is O=C(O)CCC[C@@H](NC(=O)CCC1CCCCC1)C(=O)O. The molecule has 1 aliphatic rings. The Labute approximate surface area is 124 Å². The highest BCUT2D eigenvalue weighted by Crippen LogP contribution is 2.27. The first kappa shape index (κ1) is 17.5. The molecule has 1 amide bonds. The fraction of sp³-hybridized carbons (Fsp3) is 0.800. The molecule has 0 unspecified atom stereocenters. The molecule has 1 fully saturated rings. The van der Waals surface area contributed by atoms with Crippen LogP contribution in [0.1, 0.15) is 64.2 Å². The zero-order valence-corrected chi connectivity index (χ0v) is 12.3. The second kappa shape index (κ2) is 9.37. The summed E-state index contributed by atoms with van der Waals surface area (Å²) in [6.45, 7) is 0. The Morgan fingerprint density at radius 1 is 1.05 bits per heavy atom. The first-order chi connectivity index (χ1) is 9.99. The summed E-state index contributed by atoms with van der Waals surface area (Å²) in [5.74, 6) is -1.72. The van der Waals surface area contributed by atoms with Gasteiger partial charge in [0, 0.05) is 12.8 Å². The van der Waals surface area contributed by atoms with E-state index in [1.54, 1.807) is 0 Å². The lowest BCUT2D eigenvalue weighted by molar-refractivity contribution is -0.142. The Bertz CT molecular complexity index is 363. The predicted octanol–water partition coefficient (Wildman–Crippen LogP) is 2.17. The van der Waals surface area contributed by atoms with E-state index in [0.717, 1.165) is 19.3 Å². The zero-order valence-electron chi connectivity index (χ0n) is 12.3. The van der Waals surface area contributed by atoms with Crippen molar-refractivity contribution in [2.45, 2.75) is 70.3 Å². The fourth-order valence-corrected chi connectivity index (χ4v) is 2.79. The number of rotatable bonds is 9. The zero-order chi connectivity index (χ0) is 15.7. The molecule has 1 rings (SSSR count). The van der Waals surface area contributed by atoms with Crippen molar-refractivity contribution in [3.63, 3.8) is 0 Å². The van der Waals surface area contributed by atoms with Crippen LogP contribution in [0.2, 0.25) is 0 Å². The monoisotopic (exact) mass is 299 g/mol. The molecule has 0 bridgehead atoms. The Morgan fingerprint density at radius 2 is 1.71 bits per heavy atom. The third-order valence-electron chi connectivity index (χ3n) is 4.02. The highest BCUT2D eigenvalue weighted by molar-refractivity contribution is 5.83. The van der Waals surface area contributed by atoms with Gasteiger partial charge in [-0.25, -0.2) is 4.79 Å². The van der Waals surface area contributed by atoms with E-state index in [1.807, 2.05) is 0 Å². The van der Waals surface area contributed by atoms with Crippen molar-refractivity contribution in [1.82, 2.24) is 5.32 Å².